The molecule has 0 aromatic rings. The maximum Gasteiger partial charge on any atom is 0.193 e. The van der Waals surface area contributed by atoms with E-state index in [0.717, 1.165) is 38.4 Å². The molecule has 0 radical (unpaired) electrons. The standard InChI is InChI=1S/C7H13N3/c1-3-8-7-9-4-2-6-10(7)5-1/h1-6H2,(H,8,9)/i5D. The molecule has 0 aliphatic carbocycles. The molecule has 1 atom stereocenters. The third-order valence-electron chi connectivity index (χ3n) is 1.87. The lowest BCUT2D eigenvalue weighted by Gasteiger charge is -2.33. The van der Waals surface area contributed by atoms with Crippen LogP contribution >= 0.6 is 0 Å². The van der Waals surface area contributed by atoms with Gasteiger partial charge in [-0.15, -0.1) is 0 Å². The third-order valence-corrected chi connectivity index (χ3v) is 1.87. The average molecular weight is 140 g/mol. The Morgan fingerprint density at radius 1 is 1.60 bits per heavy atom. The van der Waals surface area contributed by atoms with Crippen LogP contribution in [0.25, 0.3) is 0 Å². The van der Waals surface area contributed by atoms with Crippen molar-refractivity contribution in [2.45, 2.75) is 12.8 Å². The molecule has 3 heteroatoms. The number of rotatable bonds is 0. The molecule has 2 aliphatic heterocycles. The largest absolute Gasteiger partial charge is 0.356 e. The fraction of sp³-hybridized carbons (Fsp3) is 0.857. The summed E-state index contributed by atoms with van der Waals surface area (Å²) in [5.41, 5.74) is 0. The highest BCUT2D eigenvalue weighted by Crippen LogP contribution is 2.05. The van der Waals surface area contributed by atoms with Crippen molar-refractivity contribution in [2.75, 3.05) is 26.2 Å². The fourth-order valence-electron chi connectivity index (χ4n) is 1.37. The van der Waals surface area contributed by atoms with Crippen molar-refractivity contribution in [1.29, 1.82) is 0 Å². The summed E-state index contributed by atoms with van der Waals surface area (Å²) in [5, 5.41) is 3.21. The minimum atomic E-state index is -0.0599. The lowest BCUT2D eigenvalue weighted by molar-refractivity contribution is 0.346. The van der Waals surface area contributed by atoms with Crippen LogP contribution in [0.4, 0.5) is 0 Å². The molecule has 2 heterocycles. The molecule has 0 aromatic heterocycles. The number of nitrogens with zero attached hydrogens (tertiary/aromatic N) is 2. The monoisotopic (exact) mass is 140 g/mol. The zero-order valence-corrected chi connectivity index (χ0v) is 6.01. The maximum atomic E-state index is 7.70. The molecule has 10 heavy (non-hydrogen) atoms. The molecule has 0 aromatic carbocycles. The minimum Gasteiger partial charge on any atom is -0.356 e. The average Bonchev–Trinajstić information content (AvgIpc) is 2.06. The molecule has 1 N–H and O–H groups in total. The van der Waals surface area contributed by atoms with Gasteiger partial charge in [0.25, 0.3) is 0 Å². The van der Waals surface area contributed by atoms with Gasteiger partial charge in [-0.3, -0.25) is 4.99 Å². The second-order valence-corrected chi connectivity index (χ2v) is 2.65. The van der Waals surface area contributed by atoms with E-state index in [1.165, 1.54) is 0 Å². The highest BCUT2D eigenvalue weighted by Gasteiger charge is 2.17. The molecule has 0 amide bonds. The lowest BCUT2D eigenvalue weighted by atomic mass is 10.2. The zero-order valence-electron chi connectivity index (χ0n) is 7.01. The van der Waals surface area contributed by atoms with Gasteiger partial charge >= 0.3 is 0 Å². The number of hydrogen-bond acceptors (Lipinski definition) is 3. The Labute approximate surface area is 62.5 Å². The van der Waals surface area contributed by atoms with Gasteiger partial charge in [0.2, 0.25) is 0 Å². The van der Waals surface area contributed by atoms with Crippen LogP contribution < -0.4 is 5.32 Å². The molecule has 0 bridgehead atoms. The summed E-state index contributed by atoms with van der Waals surface area (Å²) in [6.07, 6.45) is 2.01. The van der Waals surface area contributed by atoms with Crippen LogP contribution in [-0.2, 0) is 0 Å². The smallest absolute Gasteiger partial charge is 0.193 e. The Balaban J connectivity index is 2.13. The van der Waals surface area contributed by atoms with Crippen molar-refractivity contribution in [2.24, 2.45) is 4.99 Å². The minimum absolute atomic E-state index is 0.0599. The molecule has 3 nitrogen and oxygen atoms in total. The van der Waals surface area contributed by atoms with Crippen molar-refractivity contribution in [3.05, 3.63) is 0 Å². The quantitative estimate of drug-likeness (QED) is 0.514. The predicted molar refractivity (Wildman–Crippen MR) is 41.1 cm³/mol. The number of hydrogen-bond donors (Lipinski definition) is 1. The topological polar surface area (TPSA) is 27.6 Å². The van der Waals surface area contributed by atoms with E-state index < -0.39 is 0 Å². The molecule has 2 rings (SSSR count). The molecule has 1 fully saturated rings. The number of aliphatic imine (C=N–C) groups is 1. The van der Waals surface area contributed by atoms with Crippen LogP contribution in [0.5, 0.6) is 0 Å². The van der Waals surface area contributed by atoms with Gasteiger partial charge in [-0.1, -0.05) is 0 Å². The van der Waals surface area contributed by atoms with E-state index >= 15 is 0 Å². The molecule has 0 saturated carbocycles. The van der Waals surface area contributed by atoms with Crippen molar-refractivity contribution in [3.63, 3.8) is 0 Å². The fourth-order valence-corrected chi connectivity index (χ4v) is 1.37. The summed E-state index contributed by atoms with van der Waals surface area (Å²) in [4.78, 5) is 6.36. The summed E-state index contributed by atoms with van der Waals surface area (Å²) < 4.78 is 7.70. The van der Waals surface area contributed by atoms with Crippen molar-refractivity contribution in [3.8, 4) is 0 Å². The van der Waals surface area contributed by atoms with Crippen molar-refractivity contribution in [1.82, 2.24) is 10.2 Å². The van der Waals surface area contributed by atoms with Gasteiger partial charge in [-0.2, -0.15) is 0 Å². The Hall–Kier alpha value is -0.730. The second kappa shape index (κ2) is 2.48. The van der Waals surface area contributed by atoms with E-state index in [9.17, 15) is 0 Å². The number of nitrogens with one attached hydrogen (secondary N) is 1. The lowest BCUT2D eigenvalue weighted by Crippen LogP contribution is -2.49. The molecular formula is C7H13N3. The normalized spacial score (nSPS) is 33.6. The van der Waals surface area contributed by atoms with E-state index in [0.29, 0.717) is 0 Å². The van der Waals surface area contributed by atoms with Gasteiger partial charge in [0.1, 0.15) is 0 Å². The Kier molecular flexibility index (Phi) is 1.24. The highest BCUT2D eigenvalue weighted by atomic mass is 15.3. The Bertz CT molecular complexity index is 181. The first kappa shape index (κ1) is 4.99. The maximum absolute atomic E-state index is 7.70. The highest BCUT2D eigenvalue weighted by molar-refractivity contribution is 5.81. The summed E-state index contributed by atoms with van der Waals surface area (Å²) in [7, 11) is 0. The molecule has 2 aliphatic rings. The van der Waals surface area contributed by atoms with Gasteiger partial charge in [0.05, 0.1) is 0 Å². The van der Waals surface area contributed by atoms with Crippen LogP contribution in [-0.4, -0.2) is 37.0 Å². The van der Waals surface area contributed by atoms with E-state index in [1.807, 2.05) is 4.90 Å². The third kappa shape index (κ3) is 0.958. The van der Waals surface area contributed by atoms with Crippen LogP contribution in [0.15, 0.2) is 4.99 Å². The van der Waals surface area contributed by atoms with Gasteiger partial charge in [0.15, 0.2) is 5.96 Å². The SMILES string of the molecule is [2H]C1CCN=C2NCCCN21. The zero-order chi connectivity index (χ0) is 7.68. The van der Waals surface area contributed by atoms with Gasteiger partial charge < -0.3 is 10.2 Å². The van der Waals surface area contributed by atoms with Crippen molar-refractivity contribution >= 4 is 5.96 Å². The van der Waals surface area contributed by atoms with Crippen LogP contribution in [0, 0.1) is 0 Å². The molecule has 0 spiro atoms. The summed E-state index contributed by atoms with van der Waals surface area (Å²) in [5.74, 6) is 0.947. The van der Waals surface area contributed by atoms with Crippen molar-refractivity contribution < 1.29 is 1.37 Å². The van der Waals surface area contributed by atoms with E-state index in [4.69, 9.17) is 1.37 Å². The van der Waals surface area contributed by atoms with Crippen LogP contribution in [0.2, 0.25) is 0 Å². The summed E-state index contributed by atoms with van der Waals surface area (Å²) >= 11 is 0. The number of fused-ring (bicyclic) bond motifs is 1. The Morgan fingerprint density at radius 3 is 3.50 bits per heavy atom. The van der Waals surface area contributed by atoms with Crippen LogP contribution in [0.1, 0.15) is 14.2 Å². The molecule has 56 valence electrons. The van der Waals surface area contributed by atoms with Gasteiger partial charge in [-0.25, -0.2) is 0 Å². The molecule has 1 unspecified atom stereocenters. The first-order chi connectivity index (χ1) is 5.38. The summed E-state index contributed by atoms with van der Waals surface area (Å²) in [6, 6.07) is 0. The molecule has 1 saturated heterocycles. The summed E-state index contributed by atoms with van der Waals surface area (Å²) in [6.45, 7) is 2.77. The van der Waals surface area contributed by atoms with E-state index in [1.54, 1.807) is 0 Å². The number of guanidine groups is 1. The van der Waals surface area contributed by atoms with E-state index in [-0.39, 0.29) is 6.52 Å². The predicted octanol–water partition coefficient (Wildman–Crippen LogP) is 0.0414. The molecular weight excluding hydrogens is 126 g/mol. The van der Waals surface area contributed by atoms with Gasteiger partial charge in [-0.05, 0) is 12.8 Å². The first-order valence-electron chi connectivity index (χ1n) is 4.43. The Morgan fingerprint density at radius 2 is 2.60 bits per heavy atom. The van der Waals surface area contributed by atoms with Gasteiger partial charge in [0, 0.05) is 27.5 Å². The second-order valence-electron chi connectivity index (χ2n) is 2.65. The van der Waals surface area contributed by atoms with E-state index in [2.05, 4.69) is 10.3 Å². The van der Waals surface area contributed by atoms with Crippen LogP contribution in [0.3, 0.4) is 0 Å². The first-order valence-corrected chi connectivity index (χ1v) is 3.85.